The van der Waals surface area contributed by atoms with Gasteiger partial charge in [0.2, 0.25) is 0 Å². The first-order valence-corrected chi connectivity index (χ1v) is 6.41. The van der Waals surface area contributed by atoms with Gasteiger partial charge in [-0.2, -0.15) is 20.5 Å². The van der Waals surface area contributed by atoms with E-state index in [1.807, 2.05) is 48.9 Å². The molecule has 7 heteroatoms. The van der Waals surface area contributed by atoms with E-state index in [9.17, 15) is 4.79 Å². The number of primary amides is 1. The quantitative estimate of drug-likeness (QED) is 0.757. The summed E-state index contributed by atoms with van der Waals surface area (Å²) in [5.74, 6) is -0.610. The van der Waals surface area contributed by atoms with Crippen molar-refractivity contribution in [2.45, 2.75) is 13.8 Å². The minimum atomic E-state index is -0.610. The molecular formula is C14H14N6O. The van der Waals surface area contributed by atoms with Crippen molar-refractivity contribution in [3.63, 3.8) is 0 Å². The number of benzene rings is 1. The summed E-state index contributed by atoms with van der Waals surface area (Å²) in [6.45, 7) is 3.95. The molecule has 0 radical (unpaired) electrons. The molecule has 0 unspecified atom stereocenters. The van der Waals surface area contributed by atoms with Crippen molar-refractivity contribution in [3.05, 3.63) is 47.4 Å². The second-order valence-corrected chi connectivity index (χ2v) is 4.77. The lowest BCUT2D eigenvalue weighted by molar-refractivity contribution is 0.0996. The topological polar surface area (TPSA) is 102 Å². The molecule has 3 aromatic rings. The van der Waals surface area contributed by atoms with Crippen molar-refractivity contribution in [2.24, 2.45) is 5.73 Å². The Hall–Kier alpha value is -2.96. The molecule has 21 heavy (non-hydrogen) atoms. The highest BCUT2D eigenvalue weighted by atomic mass is 16.1. The fraction of sp³-hybridized carbons (Fsp3) is 0.143. The fourth-order valence-electron chi connectivity index (χ4n) is 2.25. The van der Waals surface area contributed by atoms with Gasteiger partial charge in [-0.1, -0.05) is 12.1 Å². The van der Waals surface area contributed by atoms with Crippen LogP contribution in [0.15, 0.2) is 30.3 Å². The number of nitrogens with zero attached hydrogens (tertiary/aromatic N) is 4. The summed E-state index contributed by atoms with van der Waals surface area (Å²) < 4.78 is 1.86. The Labute approximate surface area is 120 Å². The number of carbonyl (C=O) groups is 1. The molecule has 1 amide bonds. The normalized spacial score (nSPS) is 10.8. The van der Waals surface area contributed by atoms with Gasteiger partial charge in [0, 0.05) is 11.3 Å². The second kappa shape index (κ2) is 4.86. The van der Waals surface area contributed by atoms with Crippen LogP contribution in [0.25, 0.3) is 16.9 Å². The zero-order chi connectivity index (χ0) is 15.0. The lowest BCUT2D eigenvalue weighted by atomic mass is 10.1. The number of aryl methyl sites for hydroxylation is 2. The minimum Gasteiger partial charge on any atom is -0.364 e. The Morgan fingerprint density at radius 3 is 2.48 bits per heavy atom. The molecule has 0 atom stereocenters. The first-order chi connectivity index (χ1) is 10.1. The van der Waals surface area contributed by atoms with Crippen LogP contribution in [0.5, 0.6) is 0 Å². The zero-order valence-corrected chi connectivity index (χ0v) is 11.7. The molecule has 0 bridgehead atoms. The van der Waals surface area contributed by atoms with E-state index < -0.39 is 5.91 Å². The summed E-state index contributed by atoms with van der Waals surface area (Å²) in [6, 6.07) is 9.55. The maximum atomic E-state index is 11.3. The number of hydrogen-bond acceptors (Lipinski definition) is 4. The summed E-state index contributed by atoms with van der Waals surface area (Å²) in [7, 11) is 0. The van der Waals surface area contributed by atoms with Crippen LogP contribution in [0.1, 0.15) is 21.9 Å². The van der Waals surface area contributed by atoms with E-state index in [2.05, 4.69) is 20.5 Å². The number of amides is 1. The van der Waals surface area contributed by atoms with Crippen molar-refractivity contribution in [1.82, 2.24) is 25.2 Å². The van der Waals surface area contributed by atoms with Gasteiger partial charge < -0.3 is 5.73 Å². The molecule has 0 aliphatic carbocycles. The number of aromatic nitrogens is 5. The van der Waals surface area contributed by atoms with Crippen LogP contribution in [0.2, 0.25) is 0 Å². The van der Waals surface area contributed by atoms with Crippen molar-refractivity contribution in [3.8, 4) is 16.9 Å². The van der Waals surface area contributed by atoms with Gasteiger partial charge in [0.05, 0.1) is 11.4 Å². The number of H-pyrrole nitrogens is 1. The van der Waals surface area contributed by atoms with E-state index in [4.69, 9.17) is 5.73 Å². The third-order valence-corrected chi connectivity index (χ3v) is 3.18. The van der Waals surface area contributed by atoms with Crippen LogP contribution in [-0.2, 0) is 0 Å². The lowest BCUT2D eigenvalue weighted by Crippen LogP contribution is -2.12. The summed E-state index contributed by atoms with van der Waals surface area (Å²) in [5, 5.41) is 14.6. The van der Waals surface area contributed by atoms with E-state index in [-0.39, 0.29) is 5.69 Å². The Bertz CT molecular complexity index is 799. The van der Waals surface area contributed by atoms with Crippen LogP contribution in [-0.4, -0.2) is 31.1 Å². The van der Waals surface area contributed by atoms with Crippen molar-refractivity contribution in [1.29, 1.82) is 0 Å². The van der Waals surface area contributed by atoms with Gasteiger partial charge in [-0.3, -0.25) is 4.79 Å². The molecule has 2 heterocycles. The molecule has 0 saturated heterocycles. The highest BCUT2D eigenvalue weighted by Gasteiger charge is 2.15. The first kappa shape index (κ1) is 13.0. The molecule has 3 rings (SSSR count). The van der Waals surface area contributed by atoms with Crippen LogP contribution in [0, 0.1) is 13.8 Å². The molecule has 0 fully saturated rings. The van der Waals surface area contributed by atoms with Gasteiger partial charge in [0.1, 0.15) is 5.69 Å². The summed E-state index contributed by atoms with van der Waals surface area (Å²) >= 11 is 0. The molecule has 0 aliphatic heterocycles. The number of aromatic amines is 1. The molecule has 0 aliphatic rings. The van der Waals surface area contributed by atoms with Gasteiger partial charge in [-0.15, -0.1) is 0 Å². The number of nitrogens with one attached hydrogen (secondary N) is 1. The molecule has 3 N–H and O–H groups in total. The molecule has 0 saturated carbocycles. The highest BCUT2D eigenvalue weighted by molar-refractivity contribution is 5.96. The van der Waals surface area contributed by atoms with Crippen LogP contribution in [0.3, 0.4) is 0 Å². The SMILES string of the molecule is Cc1cc(C)n(-c2ccc(-c3n[nH]nc3C(N)=O)cc2)n1. The van der Waals surface area contributed by atoms with Crippen molar-refractivity contribution < 1.29 is 4.79 Å². The average Bonchev–Trinajstić information content (AvgIpc) is 3.05. The predicted molar refractivity (Wildman–Crippen MR) is 76.9 cm³/mol. The highest BCUT2D eigenvalue weighted by Crippen LogP contribution is 2.21. The van der Waals surface area contributed by atoms with Crippen molar-refractivity contribution in [2.75, 3.05) is 0 Å². The molecular weight excluding hydrogens is 268 g/mol. The van der Waals surface area contributed by atoms with E-state index in [0.29, 0.717) is 5.69 Å². The van der Waals surface area contributed by atoms with Gasteiger partial charge in [-0.05, 0) is 32.0 Å². The lowest BCUT2D eigenvalue weighted by Gasteiger charge is -2.05. The number of hydrogen-bond donors (Lipinski definition) is 2. The maximum absolute atomic E-state index is 11.3. The predicted octanol–water partition coefficient (Wildman–Crippen LogP) is 1.37. The van der Waals surface area contributed by atoms with Crippen LogP contribution < -0.4 is 5.73 Å². The Kier molecular flexibility index (Phi) is 3.02. The van der Waals surface area contributed by atoms with Gasteiger partial charge in [-0.25, -0.2) is 4.68 Å². The Morgan fingerprint density at radius 2 is 1.90 bits per heavy atom. The standard InChI is InChI=1S/C14H14N6O/c1-8-7-9(2)20(18-8)11-5-3-10(4-6-11)12-13(14(15)21)17-19-16-12/h3-7H,1-2H3,(H2,15,21)(H,16,17,19). The molecule has 106 valence electrons. The number of nitrogens with two attached hydrogens (primary N) is 1. The second-order valence-electron chi connectivity index (χ2n) is 4.77. The van der Waals surface area contributed by atoms with Gasteiger partial charge in [0.15, 0.2) is 5.69 Å². The third-order valence-electron chi connectivity index (χ3n) is 3.18. The number of rotatable bonds is 3. The maximum Gasteiger partial charge on any atom is 0.271 e. The molecule has 7 nitrogen and oxygen atoms in total. The van der Waals surface area contributed by atoms with Gasteiger partial charge in [0.25, 0.3) is 5.91 Å². The summed E-state index contributed by atoms with van der Waals surface area (Å²) in [6.07, 6.45) is 0. The zero-order valence-electron chi connectivity index (χ0n) is 11.7. The molecule has 2 aromatic heterocycles. The molecule has 1 aromatic carbocycles. The largest absolute Gasteiger partial charge is 0.364 e. The summed E-state index contributed by atoms with van der Waals surface area (Å²) in [4.78, 5) is 11.3. The van der Waals surface area contributed by atoms with E-state index >= 15 is 0 Å². The van der Waals surface area contributed by atoms with Gasteiger partial charge >= 0.3 is 0 Å². The van der Waals surface area contributed by atoms with Crippen molar-refractivity contribution >= 4 is 5.91 Å². The molecule has 0 spiro atoms. The fourth-order valence-corrected chi connectivity index (χ4v) is 2.25. The van der Waals surface area contributed by atoms with E-state index in [1.54, 1.807) is 0 Å². The van der Waals surface area contributed by atoms with Crippen LogP contribution >= 0.6 is 0 Å². The number of carbonyl (C=O) groups excluding carboxylic acids is 1. The Balaban J connectivity index is 1.99. The van der Waals surface area contributed by atoms with Crippen LogP contribution in [0.4, 0.5) is 0 Å². The Morgan fingerprint density at radius 1 is 1.19 bits per heavy atom. The van der Waals surface area contributed by atoms with E-state index in [1.165, 1.54) is 0 Å². The first-order valence-electron chi connectivity index (χ1n) is 6.41. The minimum absolute atomic E-state index is 0.133. The van der Waals surface area contributed by atoms with E-state index in [0.717, 1.165) is 22.6 Å². The average molecular weight is 282 g/mol. The smallest absolute Gasteiger partial charge is 0.271 e. The monoisotopic (exact) mass is 282 g/mol. The third kappa shape index (κ3) is 2.29. The summed E-state index contributed by atoms with van der Waals surface area (Å²) in [5.41, 5.74) is 9.57.